The van der Waals surface area contributed by atoms with Crippen LogP contribution in [0, 0.1) is 13.8 Å². The van der Waals surface area contributed by atoms with E-state index in [-0.39, 0.29) is 18.9 Å². The first-order valence-corrected chi connectivity index (χ1v) is 9.02. The molecule has 8 heteroatoms. The topological polar surface area (TPSA) is 102 Å². The number of hydrogen-bond donors (Lipinski definition) is 2. The SMILES string of the molecule is Cc1cccc(NC(=O)c2c[nH]c(=O)n(Cc3ccc4c(c3)OCO4)c2=O)c1C. The minimum absolute atomic E-state index is 0.00456. The Morgan fingerprint density at radius 3 is 2.76 bits per heavy atom. The van der Waals surface area contributed by atoms with Crippen LogP contribution in [0.15, 0.2) is 52.2 Å². The van der Waals surface area contributed by atoms with Gasteiger partial charge >= 0.3 is 5.69 Å². The molecule has 148 valence electrons. The summed E-state index contributed by atoms with van der Waals surface area (Å²) in [5.74, 6) is 0.576. The monoisotopic (exact) mass is 393 g/mol. The lowest BCUT2D eigenvalue weighted by molar-refractivity contribution is 0.102. The predicted molar refractivity (Wildman–Crippen MR) is 107 cm³/mol. The van der Waals surface area contributed by atoms with Gasteiger partial charge in [-0.25, -0.2) is 4.79 Å². The van der Waals surface area contributed by atoms with Gasteiger partial charge in [-0.15, -0.1) is 0 Å². The average Bonchev–Trinajstić information content (AvgIpc) is 3.16. The highest BCUT2D eigenvalue weighted by molar-refractivity contribution is 6.04. The predicted octanol–water partition coefficient (Wildman–Crippen LogP) is 2.18. The van der Waals surface area contributed by atoms with E-state index in [1.54, 1.807) is 24.3 Å². The molecule has 1 aliphatic heterocycles. The first-order valence-electron chi connectivity index (χ1n) is 9.02. The molecule has 2 N–H and O–H groups in total. The highest BCUT2D eigenvalue weighted by Crippen LogP contribution is 2.32. The molecular formula is C21H19N3O5. The number of carbonyl (C=O) groups is 1. The van der Waals surface area contributed by atoms with Gasteiger partial charge in [-0.3, -0.25) is 14.2 Å². The van der Waals surface area contributed by atoms with Crippen molar-refractivity contribution in [2.24, 2.45) is 0 Å². The Hall–Kier alpha value is -3.81. The van der Waals surface area contributed by atoms with Crippen molar-refractivity contribution in [2.45, 2.75) is 20.4 Å². The van der Waals surface area contributed by atoms with Crippen molar-refractivity contribution < 1.29 is 14.3 Å². The molecule has 3 aromatic rings. The summed E-state index contributed by atoms with van der Waals surface area (Å²) in [7, 11) is 0. The molecule has 4 rings (SSSR count). The fourth-order valence-electron chi connectivity index (χ4n) is 3.12. The number of fused-ring (bicyclic) bond motifs is 1. The Kier molecular flexibility index (Phi) is 4.67. The molecule has 0 spiro atoms. The molecule has 1 aromatic heterocycles. The zero-order chi connectivity index (χ0) is 20.5. The third kappa shape index (κ3) is 3.52. The smallest absolute Gasteiger partial charge is 0.328 e. The molecule has 0 radical (unpaired) electrons. The first-order chi connectivity index (χ1) is 13.9. The van der Waals surface area contributed by atoms with E-state index in [4.69, 9.17) is 9.47 Å². The van der Waals surface area contributed by atoms with E-state index in [1.165, 1.54) is 0 Å². The fraction of sp³-hybridized carbons (Fsp3) is 0.190. The summed E-state index contributed by atoms with van der Waals surface area (Å²) in [6.45, 7) is 3.95. The standard InChI is InChI=1S/C21H19N3O5/c1-12-4-3-5-16(13(12)2)23-19(25)15-9-22-21(27)24(20(15)26)10-14-6-7-17-18(8-14)29-11-28-17/h3-9H,10-11H2,1-2H3,(H,22,27)(H,23,25). The Balaban J connectivity index is 1.64. The second kappa shape index (κ2) is 7.31. The van der Waals surface area contributed by atoms with Crippen LogP contribution >= 0.6 is 0 Å². The number of hydrogen-bond acceptors (Lipinski definition) is 5. The van der Waals surface area contributed by atoms with Gasteiger partial charge in [0, 0.05) is 11.9 Å². The number of aromatic nitrogens is 2. The molecule has 2 aromatic carbocycles. The van der Waals surface area contributed by atoms with Crippen LogP contribution < -0.4 is 26.0 Å². The summed E-state index contributed by atoms with van der Waals surface area (Å²) in [4.78, 5) is 40.2. The summed E-state index contributed by atoms with van der Waals surface area (Å²) >= 11 is 0. The molecule has 0 saturated carbocycles. The number of H-pyrrole nitrogens is 1. The molecule has 0 aliphatic carbocycles. The molecule has 0 fully saturated rings. The van der Waals surface area contributed by atoms with Gasteiger partial charge in [-0.1, -0.05) is 18.2 Å². The zero-order valence-corrected chi connectivity index (χ0v) is 15.9. The van der Waals surface area contributed by atoms with Gasteiger partial charge in [-0.2, -0.15) is 0 Å². The number of amides is 1. The van der Waals surface area contributed by atoms with Crippen LogP contribution in [0.25, 0.3) is 0 Å². The lowest BCUT2D eigenvalue weighted by Gasteiger charge is -2.11. The maximum Gasteiger partial charge on any atom is 0.328 e. The molecule has 29 heavy (non-hydrogen) atoms. The van der Waals surface area contributed by atoms with Crippen LogP contribution in [0.2, 0.25) is 0 Å². The highest BCUT2D eigenvalue weighted by Gasteiger charge is 2.18. The average molecular weight is 393 g/mol. The number of aryl methyl sites for hydroxylation is 1. The lowest BCUT2D eigenvalue weighted by Crippen LogP contribution is -2.39. The third-order valence-corrected chi connectivity index (χ3v) is 4.94. The number of nitrogens with zero attached hydrogens (tertiary/aromatic N) is 1. The highest BCUT2D eigenvalue weighted by atomic mass is 16.7. The number of anilines is 1. The van der Waals surface area contributed by atoms with Gasteiger partial charge in [0.2, 0.25) is 6.79 Å². The second-order valence-electron chi connectivity index (χ2n) is 6.79. The fourth-order valence-corrected chi connectivity index (χ4v) is 3.12. The minimum atomic E-state index is -0.672. The van der Waals surface area contributed by atoms with E-state index in [1.807, 2.05) is 26.0 Å². The van der Waals surface area contributed by atoms with Gasteiger partial charge in [0.15, 0.2) is 11.5 Å². The van der Waals surface area contributed by atoms with Gasteiger partial charge in [0.25, 0.3) is 11.5 Å². The molecule has 0 bridgehead atoms. The quantitative estimate of drug-likeness (QED) is 0.707. The van der Waals surface area contributed by atoms with E-state index in [2.05, 4.69) is 10.3 Å². The number of benzene rings is 2. The maximum absolute atomic E-state index is 12.8. The summed E-state index contributed by atoms with van der Waals surface area (Å²) < 4.78 is 11.6. The van der Waals surface area contributed by atoms with E-state index in [0.29, 0.717) is 22.7 Å². The molecule has 1 amide bonds. The van der Waals surface area contributed by atoms with Crippen molar-refractivity contribution in [1.82, 2.24) is 9.55 Å². The number of ether oxygens (including phenoxy) is 2. The Morgan fingerprint density at radius 1 is 1.14 bits per heavy atom. The molecule has 0 saturated heterocycles. The van der Waals surface area contributed by atoms with Crippen molar-refractivity contribution in [1.29, 1.82) is 0 Å². The van der Waals surface area contributed by atoms with Gasteiger partial charge in [-0.05, 0) is 48.7 Å². The Labute approximate surface area is 165 Å². The Bertz CT molecular complexity index is 1230. The van der Waals surface area contributed by atoms with Crippen molar-refractivity contribution in [3.05, 3.63) is 85.7 Å². The van der Waals surface area contributed by atoms with Crippen LogP contribution in [0.4, 0.5) is 5.69 Å². The normalized spacial score (nSPS) is 12.1. The third-order valence-electron chi connectivity index (χ3n) is 4.94. The maximum atomic E-state index is 12.8. The van der Waals surface area contributed by atoms with Crippen molar-refractivity contribution in [3.8, 4) is 11.5 Å². The van der Waals surface area contributed by atoms with Gasteiger partial charge < -0.3 is 19.8 Å². The van der Waals surface area contributed by atoms with E-state index >= 15 is 0 Å². The molecule has 2 heterocycles. The number of carbonyl (C=O) groups excluding carboxylic acids is 1. The number of rotatable bonds is 4. The van der Waals surface area contributed by atoms with Crippen LogP contribution in [0.1, 0.15) is 27.0 Å². The van der Waals surface area contributed by atoms with Crippen LogP contribution in [0.3, 0.4) is 0 Å². The van der Waals surface area contributed by atoms with Crippen molar-refractivity contribution >= 4 is 11.6 Å². The molecule has 8 nitrogen and oxygen atoms in total. The van der Waals surface area contributed by atoms with Crippen LogP contribution in [-0.4, -0.2) is 22.3 Å². The summed E-state index contributed by atoms with van der Waals surface area (Å²) in [6, 6.07) is 10.7. The molecule has 0 atom stereocenters. The summed E-state index contributed by atoms with van der Waals surface area (Å²) in [6.07, 6.45) is 1.14. The van der Waals surface area contributed by atoms with E-state index in [0.717, 1.165) is 21.9 Å². The second-order valence-corrected chi connectivity index (χ2v) is 6.79. The van der Waals surface area contributed by atoms with E-state index in [9.17, 15) is 14.4 Å². The van der Waals surface area contributed by atoms with E-state index < -0.39 is 17.2 Å². The van der Waals surface area contributed by atoms with Crippen molar-refractivity contribution in [2.75, 3.05) is 12.1 Å². The lowest BCUT2D eigenvalue weighted by atomic mass is 10.1. The van der Waals surface area contributed by atoms with Gasteiger partial charge in [0.1, 0.15) is 5.56 Å². The molecule has 0 unspecified atom stereocenters. The molecular weight excluding hydrogens is 374 g/mol. The van der Waals surface area contributed by atoms with Crippen molar-refractivity contribution in [3.63, 3.8) is 0 Å². The summed E-state index contributed by atoms with van der Waals surface area (Å²) in [5.41, 5.74) is 1.80. The van der Waals surface area contributed by atoms with Crippen LogP contribution in [0.5, 0.6) is 11.5 Å². The zero-order valence-electron chi connectivity index (χ0n) is 15.9. The number of aromatic amines is 1. The molecule has 1 aliphatic rings. The minimum Gasteiger partial charge on any atom is -0.454 e. The Morgan fingerprint density at radius 2 is 1.93 bits per heavy atom. The van der Waals surface area contributed by atoms with Gasteiger partial charge in [0.05, 0.1) is 6.54 Å². The van der Waals surface area contributed by atoms with Crippen LogP contribution in [-0.2, 0) is 6.54 Å². The number of nitrogens with one attached hydrogen (secondary N) is 2. The largest absolute Gasteiger partial charge is 0.454 e. The first kappa shape index (κ1) is 18.5. The summed E-state index contributed by atoms with van der Waals surface area (Å²) in [5, 5.41) is 2.74.